The Bertz CT molecular complexity index is 1210. The van der Waals surface area contributed by atoms with E-state index in [1.165, 1.54) is 9.80 Å². The highest BCUT2D eigenvalue weighted by atomic mass is 16.6. The third kappa shape index (κ3) is 4.54. The van der Waals surface area contributed by atoms with Crippen molar-refractivity contribution in [2.75, 3.05) is 18.9 Å². The summed E-state index contributed by atoms with van der Waals surface area (Å²) in [6.07, 6.45) is 3.00. The van der Waals surface area contributed by atoms with Crippen LogP contribution in [-0.2, 0) is 31.1 Å². The van der Waals surface area contributed by atoms with Crippen LogP contribution >= 0.6 is 0 Å². The molecule has 4 amide bonds. The number of amides is 4. The average Bonchev–Trinajstić information content (AvgIpc) is 3.41. The molecule has 1 saturated heterocycles. The number of primary amides is 1. The van der Waals surface area contributed by atoms with E-state index in [9.17, 15) is 19.2 Å². The number of nitrogens with two attached hydrogens (primary N) is 1. The van der Waals surface area contributed by atoms with Gasteiger partial charge in [-0.15, -0.1) is 0 Å². The number of rotatable bonds is 7. The second-order valence-electron chi connectivity index (χ2n) is 10.4. The van der Waals surface area contributed by atoms with Gasteiger partial charge in [0.15, 0.2) is 0 Å². The van der Waals surface area contributed by atoms with Gasteiger partial charge in [-0.25, -0.2) is 4.79 Å². The zero-order chi connectivity index (χ0) is 26.2. The van der Waals surface area contributed by atoms with Crippen molar-refractivity contribution in [2.45, 2.75) is 56.2 Å². The normalized spacial score (nSPS) is 23.2. The number of fused-ring (bicyclic) bond motifs is 2. The number of carbonyl (C=O) groups is 4. The molecule has 1 unspecified atom stereocenters. The summed E-state index contributed by atoms with van der Waals surface area (Å²) in [5, 5.41) is 2.89. The first kappa shape index (κ1) is 24.8. The van der Waals surface area contributed by atoms with E-state index in [1.807, 2.05) is 54.6 Å². The number of hydrogen-bond donors (Lipinski definition) is 2. The molecular weight excluding hydrogens is 472 g/mol. The van der Waals surface area contributed by atoms with Crippen LogP contribution in [0.15, 0.2) is 54.6 Å². The van der Waals surface area contributed by atoms with Crippen LogP contribution in [0.3, 0.4) is 0 Å². The third-order valence-electron chi connectivity index (χ3n) is 8.12. The van der Waals surface area contributed by atoms with Gasteiger partial charge >= 0.3 is 6.09 Å². The quantitative estimate of drug-likeness (QED) is 0.601. The first-order valence-electron chi connectivity index (χ1n) is 12.7. The minimum atomic E-state index is -1.06. The van der Waals surface area contributed by atoms with Crippen molar-refractivity contribution >= 4 is 29.5 Å². The highest BCUT2D eigenvalue weighted by Gasteiger charge is 2.58. The van der Waals surface area contributed by atoms with Crippen molar-refractivity contribution in [1.82, 2.24) is 9.80 Å². The van der Waals surface area contributed by atoms with Crippen molar-refractivity contribution in [3.05, 3.63) is 65.7 Å². The van der Waals surface area contributed by atoms with Crippen LogP contribution in [0.25, 0.3) is 0 Å². The van der Waals surface area contributed by atoms with E-state index < -0.39 is 29.5 Å². The van der Waals surface area contributed by atoms with Crippen LogP contribution in [0.2, 0.25) is 0 Å². The second kappa shape index (κ2) is 9.88. The van der Waals surface area contributed by atoms with Gasteiger partial charge in [0.1, 0.15) is 18.7 Å². The van der Waals surface area contributed by atoms with Crippen molar-refractivity contribution in [3.8, 4) is 0 Å². The number of likely N-dealkylation sites (N-methyl/N-ethyl adjacent to an activating group) is 1. The summed E-state index contributed by atoms with van der Waals surface area (Å²) in [6, 6.07) is 14.8. The maximum absolute atomic E-state index is 14.1. The summed E-state index contributed by atoms with van der Waals surface area (Å²) in [6.45, 7) is 0.110. The SMILES string of the molecule is CN(C(=O)OCc1ccccc1)C(CC1CCC1)C(=O)N1C[C@]2(C[C@H]1C(N)=O)C(=O)Nc1ccccc12. The lowest BCUT2D eigenvalue weighted by Gasteiger charge is -2.36. The monoisotopic (exact) mass is 504 g/mol. The summed E-state index contributed by atoms with van der Waals surface area (Å²) < 4.78 is 5.51. The molecule has 1 spiro atoms. The van der Waals surface area contributed by atoms with Crippen LogP contribution in [0.1, 0.15) is 43.2 Å². The second-order valence-corrected chi connectivity index (χ2v) is 10.4. The number of nitrogens with one attached hydrogen (secondary N) is 1. The fraction of sp³-hybridized carbons (Fsp3) is 0.429. The number of hydrogen-bond acceptors (Lipinski definition) is 5. The number of carbonyl (C=O) groups excluding carboxylic acids is 4. The lowest BCUT2D eigenvalue weighted by atomic mass is 9.79. The molecule has 37 heavy (non-hydrogen) atoms. The molecule has 5 rings (SSSR count). The van der Waals surface area contributed by atoms with Gasteiger partial charge in [0, 0.05) is 19.3 Å². The van der Waals surface area contributed by atoms with Crippen molar-refractivity contribution in [3.63, 3.8) is 0 Å². The van der Waals surface area contributed by atoms with Gasteiger partial charge in [0.05, 0.1) is 5.41 Å². The van der Waals surface area contributed by atoms with Gasteiger partial charge in [0.25, 0.3) is 0 Å². The lowest BCUT2D eigenvalue weighted by Crippen LogP contribution is -2.54. The van der Waals surface area contributed by atoms with Gasteiger partial charge in [-0.05, 0) is 36.0 Å². The maximum atomic E-state index is 14.1. The predicted octanol–water partition coefficient (Wildman–Crippen LogP) is 2.79. The molecule has 2 aliphatic heterocycles. The molecule has 0 radical (unpaired) electrons. The number of anilines is 1. The molecule has 9 heteroatoms. The molecule has 2 aromatic carbocycles. The minimum absolute atomic E-state index is 0.0242. The van der Waals surface area contributed by atoms with E-state index in [1.54, 1.807) is 7.05 Å². The van der Waals surface area contributed by atoms with Crippen LogP contribution < -0.4 is 11.1 Å². The van der Waals surface area contributed by atoms with E-state index in [0.717, 1.165) is 30.4 Å². The molecule has 3 atom stereocenters. The molecule has 9 nitrogen and oxygen atoms in total. The molecule has 2 aromatic rings. The Balaban J connectivity index is 1.39. The molecule has 0 bridgehead atoms. The van der Waals surface area contributed by atoms with Crippen LogP contribution in [0, 0.1) is 5.92 Å². The Morgan fingerprint density at radius 3 is 2.51 bits per heavy atom. The van der Waals surface area contributed by atoms with E-state index in [4.69, 9.17) is 10.5 Å². The predicted molar refractivity (Wildman–Crippen MR) is 136 cm³/mol. The number of likely N-dealkylation sites (tertiary alicyclic amines) is 1. The average molecular weight is 505 g/mol. The molecule has 1 aliphatic carbocycles. The molecule has 3 aliphatic rings. The molecule has 1 saturated carbocycles. The van der Waals surface area contributed by atoms with Crippen LogP contribution in [0.5, 0.6) is 0 Å². The topological polar surface area (TPSA) is 122 Å². The number of ether oxygens (including phenoxy) is 1. The summed E-state index contributed by atoms with van der Waals surface area (Å²) >= 11 is 0. The zero-order valence-corrected chi connectivity index (χ0v) is 20.9. The fourth-order valence-corrected chi connectivity index (χ4v) is 5.73. The molecule has 194 valence electrons. The van der Waals surface area contributed by atoms with Crippen molar-refractivity contribution in [1.29, 1.82) is 0 Å². The minimum Gasteiger partial charge on any atom is -0.445 e. The molecule has 0 aromatic heterocycles. The Morgan fingerprint density at radius 2 is 1.84 bits per heavy atom. The van der Waals surface area contributed by atoms with Gasteiger partial charge in [-0.1, -0.05) is 67.8 Å². The molecule has 3 N–H and O–H groups in total. The highest BCUT2D eigenvalue weighted by Crippen LogP contribution is 2.46. The number of para-hydroxylation sites is 1. The summed E-state index contributed by atoms with van der Waals surface area (Å²) in [5.41, 5.74) is 6.98. The van der Waals surface area contributed by atoms with Gasteiger partial charge < -0.3 is 20.7 Å². The largest absolute Gasteiger partial charge is 0.445 e. The first-order valence-corrected chi connectivity index (χ1v) is 12.7. The van der Waals surface area contributed by atoms with E-state index in [-0.39, 0.29) is 31.4 Å². The number of benzene rings is 2. The summed E-state index contributed by atoms with van der Waals surface area (Å²) in [7, 11) is 1.55. The Morgan fingerprint density at radius 1 is 1.14 bits per heavy atom. The summed E-state index contributed by atoms with van der Waals surface area (Å²) in [4.78, 5) is 55.5. The Hall–Kier alpha value is -3.88. The standard InChI is InChI=1S/C28H32N4O5/c1-31(27(36)37-16-19-8-3-2-4-9-19)22(14-18-10-7-11-18)25(34)32-17-28(15-23(32)24(29)33)20-12-5-6-13-21(20)30-26(28)35/h2-6,8-9,12-13,18,22-23H,7,10-11,14-17H2,1H3,(H2,29,33)(H,30,35)/t22?,23-,28-/m0/s1. The van der Waals surface area contributed by atoms with Crippen molar-refractivity contribution < 1.29 is 23.9 Å². The first-order chi connectivity index (χ1) is 17.8. The van der Waals surface area contributed by atoms with E-state index in [0.29, 0.717) is 18.0 Å². The molecule has 2 heterocycles. The van der Waals surface area contributed by atoms with E-state index >= 15 is 0 Å². The van der Waals surface area contributed by atoms with Gasteiger partial charge in [-0.2, -0.15) is 0 Å². The number of nitrogens with zero attached hydrogens (tertiary/aromatic N) is 2. The maximum Gasteiger partial charge on any atom is 0.410 e. The lowest BCUT2D eigenvalue weighted by molar-refractivity contribution is -0.142. The Kier molecular flexibility index (Phi) is 6.62. The van der Waals surface area contributed by atoms with Crippen LogP contribution in [0.4, 0.5) is 10.5 Å². The third-order valence-corrected chi connectivity index (χ3v) is 8.12. The van der Waals surface area contributed by atoms with E-state index in [2.05, 4.69) is 5.32 Å². The zero-order valence-electron chi connectivity index (χ0n) is 20.9. The van der Waals surface area contributed by atoms with Crippen LogP contribution in [-0.4, -0.2) is 59.3 Å². The summed E-state index contributed by atoms with van der Waals surface area (Å²) in [5.74, 6) is -0.998. The molecular formula is C28H32N4O5. The Labute approximate surface area is 215 Å². The van der Waals surface area contributed by atoms with Gasteiger partial charge in [0.2, 0.25) is 17.7 Å². The molecule has 2 fully saturated rings. The van der Waals surface area contributed by atoms with Gasteiger partial charge in [-0.3, -0.25) is 19.3 Å². The smallest absolute Gasteiger partial charge is 0.410 e. The fourth-order valence-electron chi connectivity index (χ4n) is 5.73. The highest BCUT2D eigenvalue weighted by molar-refractivity contribution is 6.08. The van der Waals surface area contributed by atoms with Crippen molar-refractivity contribution in [2.24, 2.45) is 11.7 Å².